The number of amides is 2. The summed E-state index contributed by atoms with van der Waals surface area (Å²) in [5.74, 6) is -0.580. The molecule has 0 saturated carbocycles. The van der Waals surface area contributed by atoms with Gasteiger partial charge in [0.25, 0.3) is 5.91 Å². The summed E-state index contributed by atoms with van der Waals surface area (Å²) in [5.41, 5.74) is -0.193. The Hall–Kier alpha value is -3.46. The fourth-order valence-corrected chi connectivity index (χ4v) is 5.16. The van der Waals surface area contributed by atoms with Crippen LogP contribution in [0.2, 0.25) is 0 Å². The van der Waals surface area contributed by atoms with E-state index in [0.717, 1.165) is 4.88 Å². The molecule has 0 unspecified atom stereocenters. The second-order valence-electron chi connectivity index (χ2n) is 8.57. The largest absolute Gasteiger partial charge is 0.456 e. The minimum absolute atomic E-state index is 0.0883. The zero-order chi connectivity index (χ0) is 23.2. The third-order valence-corrected chi connectivity index (χ3v) is 6.74. The lowest BCUT2D eigenvalue weighted by molar-refractivity contribution is -0.159. The number of aromatic nitrogens is 1. The van der Waals surface area contributed by atoms with Crippen molar-refractivity contribution in [3.63, 3.8) is 0 Å². The number of carbonyl (C=O) groups excluding carboxylic acids is 3. The number of oxazole rings is 1. The quantitative estimate of drug-likeness (QED) is 0.509. The minimum Gasteiger partial charge on any atom is -0.456 e. The van der Waals surface area contributed by atoms with Crippen molar-refractivity contribution in [2.24, 2.45) is 5.92 Å². The first-order valence-corrected chi connectivity index (χ1v) is 11.7. The van der Waals surface area contributed by atoms with Gasteiger partial charge in [-0.2, -0.15) is 0 Å². The maximum atomic E-state index is 13.6. The molecule has 1 saturated heterocycles. The number of fused-ring (bicyclic) bond motifs is 3. The summed E-state index contributed by atoms with van der Waals surface area (Å²) in [6.07, 6.45) is 1.78. The van der Waals surface area contributed by atoms with Gasteiger partial charge in [0, 0.05) is 19.4 Å². The smallest absolute Gasteiger partial charge is 0.354 e. The van der Waals surface area contributed by atoms with Gasteiger partial charge in [0.1, 0.15) is 18.6 Å². The van der Waals surface area contributed by atoms with Crippen LogP contribution in [0.15, 0.2) is 52.5 Å². The van der Waals surface area contributed by atoms with Gasteiger partial charge in [0.05, 0.1) is 16.1 Å². The number of hydrogen-bond acceptors (Lipinski definition) is 7. The molecule has 0 bridgehead atoms. The van der Waals surface area contributed by atoms with E-state index in [1.54, 1.807) is 24.3 Å². The minimum atomic E-state index is -1.51. The molecule has 4 heterocycles. The zero-order valence-electron chi connectivity index (χ0n) is 18.3. The first kappa shape index (κ1) is 21.4. The van der Waals surface area contributed by atoms with Gasteiger partial charge < -0.3 is 14.1 Å². The summed E-state index contributed by atoms with van der Waals surface area (Å²) >= 11 is 1.50. The van der Waals surface area contributed by atoms with Gasteiger partial charge in [-0.25, -0.2) is 9.78 Å². The maximum Gasteiger partial charge on any atom is 0.354 e. The van der Waals surface area contributed by atoms with E-state index in [4.69, 9.17) is 9.15 Å². The molecule has 0 N–H and O–H groups in total. The van der Waals surface area contributed by atoms with Gasteiger partial charge in [-0.15, -0.1) is 11.3 Å². The Bertz CT molecular complexity index is 1220. The number of anilines is 1. The van der Waals surface area contributed by atoms with Crippen molar-refractivity contribution in [3.8, 4) is 10.8 Å². The molecule has 2 aromatic heterocycles. The van der Waals surface area contributed by atoms with Gasteiger partial charge in [0.2, 0.25) is 17.5 Å². The normalized spacial score (nSPS) is 19.7. The van der Waals surface area contributed by atoms with Crippen molar-refractivity contribution in [2.45, 2.75) is 39.0 Å². The Morgan fingerprint density at radius 3 is 2.82 bits per heavy atom. The molecule has 33 heavy (non-hydrogen) atoms. The number of esters is 1. The van der Waals surface area contributed by atoms with E-state index < -0.39 is 11.6 Å². The predicted molar refractivity (Wildman–Crippen MR) is 121 cm³/mol. The molecule has 0 spiro atoms. The van der Waals surface area contributed by atoms with Gasteiger partial charge in [-0.1, -0.05) is 32.0 Å². The van der Waals surface area contributed by atoms with Crippen molar-refractivity contribution in [2.75, 3.05) is 11.4 Å². The summed E-state index contributed by atoms with van der Waals surface area (Å²) in [4.78, 5) is 48.3. The highest BCUT2D eigenvalue weighted by Gasteiger charge is 2.62. The van der Waals surface area contributed by atoms with Crippen molar-refractivity contribution in [1.29, 1.82) is 0 Å². The first-order valence-electron chi connectivity index (χ1n) is 10.8. The van der Waals surface area contributed by atoms with E-state index in [-0.39, 0.29) is 37.2 Å². The molecule has 5 rings (SSSR count). The van der Waals surface area contributed by atoms with Crippen LogP contribution in [0.5, 0.6) is 0 Å². The summed E-state index contributed by atoms with van der Waals surface area (Å²) in [7, 11) is 0. The Morgan fingerprint density at radius 2 is 2.06 bits per heavy atom. The number of benzene rings is 1. The Morgan fingerprint density at radius 1 is 1.24 bits per heavy atom. The SMILES string of the molecule is CC(C)CN1C(=O)c2ccccc2N2C(=O)CC[C@@]12C(=O)OCc1coc(-c2cccs2)n1. The molecule has 9 heteroatoms. The zero-order valence-corrected chi connectivity index (χ0v) is 19.1. The van der Waals surface area contributed by atoms with Crippen LogP contribution in [-0.4, -0.2) is 39.9 Å². The topological polar surface area (TPSA) is 93.0 Å². The van der Waals surface area contributed by atoms with E-state index in [2.05, 4.69) is 4.98 Å². The predicted octanol–water partition coefficient (Wildman–Crippen LogP) is 4.08. The Labute approximate surface area is 194 Å². The van der Waals surface area contributed by atoms with Crippen LogP contribution in [0.1, 0.15) is 42.7 Å². The third kappa shape index (κ3) is 3.43. The number of nitrogens with zero attached hydrogens (tertiary/aromatic N) is 3. The van der Waals surface area contributed by atoms with Gasteiger partial charge in [-0.3, -0.25) is 14.5 Å². The van der Waals surface area contributed by atoms with Crippen LogP contribution in [0, 0.1) is 5.92 Å². The van der Waals surface area contributed by atoms with Gasteiger partial charge in [0.15, 0.2) is 0 Å². The molecule has 170 valence electrons. The molecule has 3 aromatic rings. The lowest BCUT2D eigenvalue weighted by Gasteiger charge is -2.48. The van der Waals surface area contributed by atoms with E-state index in [1.165, 1.54) is 27.4 Å². The maximum absolute atomic E-state index is 13.6. The Balaban J connectivity index is 1.47. The first-order chi connectivity index (χ1) is 15.9. The summed E-state index contributed by atoms with van der Waals surface area (Å²) < 4.78 is 11.2. The fourth-order valence-electron chi connectivity index (χ4n) is 4.51. The lowest BCUT2D eigenvalue weighted by atomic mass is 9.95. The van der Waals surface area contributed by atoms with Crippen molar-refractivity contribution in [1.82, 2.24) is 9.88 Å². The van der Waals surface area contributed by atoms with E-state index in [1.807, 2.05) is 31.4 Å². The lowest BCUT2D eigenvalue weighted by Crippen LogP contribution is -2.69. The average molecular weight is 466 g/mol. The van der Waals surface area contributed by atoms with E-state index >= 15 is 0 Å². The molecular formula is C24H23N3O5S. The highest BCUT2D eigenvalue weighted by atomic mass is 32.1. The van der Waals surface area contributed by atoms with E-state index in [9.17, 15) is 14.4 Å². The number of hydrogen-bond donors (Lipinski definition) is 0. The molecule has 8 nitrogen and oxygen atoms in total. The number of carbonyl (C=O) groups is 3. The van der Waals surface area contributed by atoms with Crippen LogP contribution in [0.25, 0.3) is 10.8 Å². The summed E-state index contributed by atoms with van der Waals surface area (Å²) in [6.45, 7) is 4.13. The summed E-state index contributed by atoms with van der Waals surface area (Å²) in [5, 5.41) is 1.92. The molecule has 2 amide bonds. The monoisotopic (exact) mass is 465 g/mol. The summed E-state index contributed by atoms with van der Waals surface area (Å²) in [6, 6.07) is 10.7. The van der Waals surface area contributed by atoms with E-state index in [0.29, 0.717) is 29.4 Å². The highest BCUT2D eigenvalue weighted by molar-refractivity contribution is 7.13. The number of ether oxygens (including phenoxy) is 1. The number of rotatable bonds is 6. The van der Waals surface area contributed by atoms with Crippen molar-refractivity contribution < 1.29 is 23.5 Å². The molecule has 0 aliphatic carbocycles. The molecule has 1 atom stereocenters. The standard InChI is InChI=1S/C24H23N3O5S/c1-15(2)12-26-22(29)17-6-3-4-7-18(17)27-20(28)9-10-24(26,27)23(30)32-14-16-13-31-21(25-16)19-8-5-11-33-19/h3-8,11,13,15H,9-10,12,14H2,1-2H3/t24-/m1/s1. The molecule has 1 fully saturated rings. The Kier molecular flexibility index (Phi) is 5.28. The van der Waals surface area contributed by atoms with Crippen LogP contribution in [0.4, 0.5) is 5.69 Å². The molecule has 2 aliphatic heterocycles. The second-order valence-corrected chi connectivity index (χ2v) is 9.52. The van der Waals surface area contributed by atoms with Crippen LogP contribution in [-0.2, 0) is 20.9 Å². The third-order valence-electron chi connectivity index (χ3n) is 5.88. The molecule has 1 aromatic carbocycles. The van der Waals surface area contributed by atoms with Crippen LogP contribution in [0.3, 0.4) is 0 Å². The van der Waals surface area contributed by atoms with Crippen molar-refractivity contribution >= 4 is 34.8 Å². The van der Waals surface area contributed by atoms with Gasteiger partial charge >= 0.3 is 5.97 Å². The highest BCUT2D eigenvalue weighted by Crippen LogP contribution is 2.45. The number of thiophene rings is 1. The molecule has 2 aliphatic rings. The average Bonchev–Trinajstić information content (AvgIpc) is 3.55. The second kappa shape index (κ2) is 8.15. The fraction of sp³-hybridized carbons (Fsp3) is 0.333. The number of para-hydroxylation sites is 1. The molecule has 0 radical (unpaired) electrons. The van der Waals surface area contributed by atoms with Crippen LogP contribution >= 0.6 is 11.3 Å². The van der Waals surface area contributed by atoms with Crippen LogP contribution < -0.4 is 4.90 Å². The van der Waals surface area contributed by atoms with Gasteiger partial charge in [-0.05, 0) is 29.5 Å². The van der Waals surface area contributed by atoms with Crippen molar-refractivity contribution in [3.05, 3.63) is 59.3 Å². The molecular weight excluding hydrogens is 442 g/mol.